The van der Waals surface area contributed by atoms with E-state index in [-0.39, 0.29) is 0 Å². The van der Waals surface area contributed by atoms with Gasteiger partial charge in [-0.15, -0.1) is 0 Å². The average molecular weight is 138 g/mol. The SMILES string of the molecule is CCCCCC[CH]CC#N. The Hall–Kier alpha value is -0.510. The molecule has 1 radical (unpaired) electrons. The lowest BCUT2D eigenvalue weighted by Crippen LogP contribution is -1.78. The van der Waals surface area contributed by atoms with Crippen LogP contribution in [0.2, 0.25) is 0 Å². The largest absolute Gasteiger partial charge is 0.198 e. The molecule has 0 N–H and O–H groups in total. The molecule has 1 heteroatoms. The Morgan fingerprint density at radius 2 is 2.10 bits per heavy atom. The molecule has 0 aromatic rings. The number of hydrogen-bond donors (Lipinski definition) is 0. The number of nitrogens with zero attached hydrogens (tertiary/aromatic N) is 1. The fourth-order valence-electron chi connectivity index (χ4n) is 0.882. The van der Waals surface area contributed by atoms with E-state index in [1.165, 1.54) is 25.7 Å². The molecule has 0 heterocycles. The molecule has 0 amide bonds. The molecule has 0 saturated heterocycles. The number of nitriles is 1. The van der Waals surface area contributed by atoms with Gasteiger partial charge in [-0.25, -0.2) is 0 Å². The molecule has 1 nitrogen and oxygen atoms in total. The zero-order valence-corrected chi connectivity index (χ0v) is 6.77. The summed E-state index contributed by atoms with van der Waals surface area (Å²) in [5, 5.41) is 8.19. The molecule has 0 aliphatic rings. The maximum atomic E-state index is 8.19. The first-order valence-corrected chi connectivity index (χ1v) is 4.10. The number of unbranched alkanes of at least 4 members (excludes halogenated alkanes) is 6. The summed E-state index contributed by atoms with van der Waals surface area (Å²) in [6, 6.07) is 2.10. The van der Waals surface area contributed by atoms with Crippen molar-refractivity contribution in [2.24, 2.45) is 0 Å². The van der Waals surface area contributed by atoms with Crippen LogP contribution in [0.15, 0.2) is 0 Å². The topological polar surface area (TPSA) is 23.8 Å². The molecular weight excluding hydrogens is 122 g/mol. The van der Waals surface area contributed by atoms with Crippen LogP contribution in [-0.2, 0) is 0 Å². The monoisotopic (exact) mass is 138 g/mol. The van der Waals surface area contributed by atoms with Crippen molar-refractivity contribution in [3.8, 4) is 6.07 Å². The van der Waals surface area contributed by atoms with Crippen molar-refractivity contribution in [2.45, 2.75) is 45.4 Å². The van der Waals surface area contributed by atoms with Crippen LogP contribution in [0.5, 0.6) is 0 Å². The van der Waals surface area contributed by atoms with Crippen molar-refractivity contribution in [1.29, 1.82) is 5.26 Å². The third kappa shape index (κ3) is 7.49. The normalized spacial score (nSPS) is 9.20. The molecule has 0 aliphatic carbocycles. The van der Waals surface area contributed by atoms with Gasteiger partial charge in [0.2, 0.25) is 0 Å². The van der Waals surface area contributed by atoms with E-state index in [0.717, 1.165) is 6.42 Å². The molecule has 57 valence electrons. The van der Waals surface area contributed by atoms with Crippen LogP contribution in [0.1, 0.15) is 45.4 Å². The van der Waals surface area contributed by atoms with Crippen molar-refractivity contribution in [3.05, 3.63) is 6.42 Å². The predicted molar refractivity (Wildman–Crippen MR) is 43.3 cm³/mol. The van der Waals surface area contributed by atoms with Crippen LogP contribution >= 0.6 is 0 Å². The van der Waals surface area contributed by atoms with Crippen LogP contribution in [0, 0.1) is 17.8 Å². The fraction of sp³-hybridized carbons (Fsp3) is 0.778. The van der Waals surface area contributed by atoms with Crippen LogP contribution in [0.25, 0.3) is 0 Å². The van der Waals surface area contributed by atoms with Crippen molar-refractivity contribution in [1.82, 2.24) is 0 Å². The highest BCUT2D eigenvalue weighted by Gasteiger charge is 1.87. The van der Waals surface area contributed by atoms with Gasteiger partial charge in [0.15, 0.2) is 0 Å². The molecular formula is C9H16N. The Labute approximate surface area is 64.1 Å². The lowest BCUT2D eigenvalue weighted by atomic mass is 10.1. The van der Waals surface area contributed by atoms with Crippen LogP contribution in [0.3, 0.4) is 0 Å². The Balaban J connectivity index is 2.72. The molecule has 0 atom stereocenters. The van der Waals surface area contributed by atoms with Gasteiger partial charge in [-0.1, -0.05) is 32.6 Å². The second-order valence-corrected chi connectivity index (χ2v) is 2.50. The van der Waals surface area contributed by atoms with Gasteiger partial charge < -0.3 is 0 Å². The first-order valence-electron chi connectivity index (χ1n) is 4.10. The lowest BCUT2D eigenvalue weighted by Gasteiger charge is -1.95. The molecule has 0 fully saturated rings. The lowest BCUT2D eigenvalue weighted by molar-refractivity contribution is 0.659. The van der Waals surface area contributed by atoms with Gasteiger partial charge in [-0.3, -0.25) is 0 Å². The predicted octanol–water partition coefficient (Wildman–Crippen LogP) is 3.07. The van der Waals surface area contributed by atoms with Crippen LogP contribution in [-0.4, -0.2) is 0 Å². The minimum Gasteiger partial charge on any atom is -0.198 e. The molecule has 0 aromatic carbocycles. The van der Waals surface area contributed by atoms with E-state index in [2.05, 4.69) is 19.4 Å². The Morgan fingerprint density at radius 3 is 2.70 bits per heavy atom. The van der Waals surface area contributed by atoms with Crippen LogP contribution < -0.4 is 0 Å². The van der Waals surface area contributed by atoms with Crippen LogP contribution in [0.4, 0.5) is 0 Å². The third-order valence-electron chi connectivity index (χ3n) is 1.50. The Morgan fingerprint density at radius 1 is 1.30 bits per heavy atom. The van der Waals surface area contributed by atoms with Crippen molar-refractivity contribution < 1.29 is 0 Å². The van der Waals surface area contributed by atoms with E-state index < -0.39 is 0 Å². The summed E-state index contributed by atoms with van der Waals surface area (Å²) >= 11 is 0. The highest BCUT2D eigenvalue weighted by molar-refractivity contribution is 4.80. The minimum atomic E-state index is 0.617. The molecule has 0 aromatic heterocycles. The summed E-state index contributed by atoms with van der Waals surface area (Å²) in [6.07, 6.45) is 9.00. The van der Waals surface area contributed by atoms with Crippen molar-refractivity contribution in [3.63, 3.8) is 0 Å². The molecule has 0 rings (SSSR count). The minimum absolute atomic E-state index is 0.617. The highest BCUT2D eigenvalue weighted by Crippen LogP contribution is 2.04. The quantitative estimate of drug-likeness (QED) is 0.517. The summed E-state index contributed by atoms with van der Waals surface area (Å²) in [6.45, 7) is 2.21. The summed E-state index contributed by atoms with van der Waals surface area (Å²) < 4.78 is 0. The van der Waals surface area contributed by atoms with E-state index in [1.807, 2.05) is 0 Å². The van der Waals surface area contributed by atoms with E-state index in [0.29, 0.717) is 6.42 Å². The zero-order chi connectivity index (χ0) is 7.66. The van der Waals surface area contributed by atoms with E-state index >= 15 is 0 Å². The summed E-state index contributed by atoms with van der Waals surface area (Å²) in [5.41, 5.74) is 0. The maximum absolute atomic E-state index is 8.19. The maximum Gasteiger partial charge on any atom is 0.0624 e. The smallest absolute Gasteiger partial charge is 0.0624 e. The molecule has 10 heavy (non-hydrogen) atoms. The Bertz CT molecular complexity index is 91.4. The molecule has 0 bridgehead atoms. The second-order valence-electron chi connectivity index (χ2n) is 2.50. The van der Waals surface area contributed by atoms with Gasteiger partial charge in [0, 0.05) is 6.42 Å². The van der Waals surface area contributed by atoms with Gasteiger partial charge in [-0.05, 0) is 12.8 Å². The zero-order valence-electron chi connectivity index (χ0n) is 6.77. The standard InChI is InChI=1S/C9H16N/c1-2-3-4-5-6-7-8-9-10/h7H,2-6,8H2,1H3. The van der Waals surface area contributed by atoms with Gasteiger partial charge in [-0.2, -0.15) is 5.26 Å². The summed E-state index contributed by atoms with van der Waals surface area (Å²) in [4.78, 5) is 0. The number of rotatable bonds is 6. The van der Waals surface area contributed by atoms with E-state index in [1.54, 1.807) is 0 Å². The van der Waals surface area contributed by atoms with E-state index in [9.17, 15) is 0 Å². The van der Waals surface area contributed by atoms with E-state index in [4.69, 9.17) is 5.26 Å². The molecule has 0 saturated carbocycles. The number of hydrogen-bond acceptors (Lipinski definition) is 1. The third-order valence-corrected chi connectivity index (χ3v) is 1.50. The average Bonchev–Trinajstić information content (AvgIpc) is 1.97. The molecule has 0 aliphatic heterocycles. The van der Waals surface area contributed by atoms with Crippen molar-refractivity contribution in [2.75, 3.05) is 0 Å². The molecule has 0 spiro atoms. The molecule has 0 unspecified atom stereocenters. The van der Waals surface area contributed by atoms with Crippen molar-refractivity contribution >= 4 is 0 Å². The van der Waals surface area contributed by atoms with Gasteiger partial charge in [0.05, 0.1) is 6.07 Å². The summed E-state index contributed by atoms with van der Waals surface area (Å²) in [5.74, 6) is 0. The second kappa shape index (κ2) is 8.49. The van der Waals surface area contributed by atoms with Gasteiger partial charge >= 0.3 is 0 Å². The van der Waals surface area contributed by atoms with Gasteiger partial charge in [0.25, 0.3) is 0 Å². The fourth-order valence-corrected chi connectivity index (χ4v) is 0.882. The first kappa shape index (κ1) is 9.49. The van der Waals surface area contributed by atoms with Gasteiger partial charge in [0.1, 0.15) is 0 Å². The highest BCUT2D eigenvalue weighted by atomic mass is 14.2. The first-order chi connectivity index (χ1) is 4.91. The summed E-state index contributed by atoms with van der Waals surface area (Å²) in [7, 11) is 0. The Kier molecular flexibility index (Phi) is 8.06.